The highest BCUT2D eigenvalue weighted by Crippen LogP contribution is 2.16. The molecule has 2 aromatic rings. The average Bonchev–Trinajstić information content (AvgIpc) is 2.83. The third-order valence-corrected chi connectivity index (χ3v) is 3.98. The zero-order chi connectivity index (χ0) is 17.0. The first-order chi connectivity index (χ1) is 10.9. The molecule has 0 saturated carbocycles. The molecule has 0 aliphatic carbocycles. The normalized spacial score (nSPS) is 11.3. The summed E-state index contributed by atoms with van der Waals surface area (Å²) in [7, 11) is 1.95. The zero-order valence-electron chi connectivity index (χ0n) is 14.6. The molecule has 1 N–H and O–H groups in total. The third-order valence-electron chi connectivity index (χ3n) is 3.98. The van der Waals surface area contributed by atoms with Crippen molar-refractivity contribution in [3.63, 3.8) is 0 Å². The average molecular weight is 314 g/mol. The highest BCUT2D eigenvalue weighted by Gasteiger charge is 2.12. The number of hydrogen-bond donors (Lipinski definition) is 1. The lowest BCUT2D eigenvalue weighted by Crippen LogP contribution is -2.38. The van der Waals surface area contributed by atoms with Crippen LogP contribution in [-0.4, -0.2) is 40.2 Å². The van der Waals surface area contributed by atoms with Crippen molar-refractivity contribution in [2.75, 3.05) is 13.6 Å². The van der Waals surface area contributed by atoms with Crippen LogP contribution in [0, 0.1) is 13.8 Å². The fourth-order valence-corrected chi connectivity index (χ4v) is 2.40. The molecule has 0 unspecified atom stereocenters. The van der Waals surface area contributed by atoms with Crippen LogP contribution in [0.1, 0.15) is 30.8 Å². The number of rotatable bonds is 6. The summed E-state index contributed by atoms with van der Waals surface area (Å²) in [4.78, 5) is 14.1. The fraction of sp³-hybridized carbons (Fsp3) is 0.444. The quantitative estimate of drug-likeness (QED) is 0.891. The molecule has 1 aromatic carbocycles. The lowest BCUT2D eigenvalue weighted by Gasteiger charge is -2.20. The summed E-state index contributed by atoms with van der Waals surface area (Å²) in [6.07, 6.45) is 0. The van der Waals surface area contributed by atoms with Gasteiger partial charge in [0.2, 0.25) is 5.91 Å². The maximum absolute atomic E-state index is 12.1. The molecule has 0 aliphatic rings. The maximum atomic E-state index is 12.1. The Labute approximate surface area is 138 Å². The van der Waals surface area contributed by atoms with E-state index in [-0.39, 0.29) is 5.91 Å². The van der Waals surface area contributed by atoms with Gasteiger partial charge in [-0.1, -0.05) is 18.2 Å². The first-order valence-corrected chi connectivity index (χ1v) is 7.97. The van der Waals surface area contributed by atoms with Crippen molar-refractivity contribution in [1.82, 2.24) is 20.0 Å². The molecule has 0 radical (unpaired) electrons. The molecule has 5 heteroatoms. The monoisotopic (exact) mass is 314 g/mol. The van der Waals surface area contributed by atoms with Crippen molar-refractivity contribution in [3.05, 3.63) is 47.3 Å². The van der Waals surface area contributed by atoms with Gasteiger partial charge in [0.15, 0.2) is 0 Å². The molecule has 5 nitrogen and oxygen atoms in total. The van der Waals surface area contributed by atoms with Gasteiger partial charge in [0, 0.05) is 18.3 Å². The smallest absolute Gasteiger partial charge is 0.234 e. The minimum absolute atomic E-state index is 0.0318. The minimum atomic E-state index is 0.0318. The summed E-state index contributed by atoms with van der Waals surface area (Å²) in [6, 6.07) is 10.4. The number of aromatic nitrogens is 2. The van der Waals surface area contributed by atoms with Gasteiger partial charge in [-0.2, -0.15) is 5.10 Å². The fourth-order valence-electron chi connectivity index (χ4n) is 2.40. The lowest BCUT2D eigenvalue weighted by molar-refractivity contribution is -0.122. The Morgan fingerprint density at radius 2 is 2.00 bits per heavy atom. The Bertz CT molecular complexity index is 675. The molecular formula is C18H26N4O. The molecule has 124 valence electrons. The van der Waals surface area contributed by atoms with Crippen LogP contribution in [0.4, 0.5) is 0 Å². The van der Waals surface area contributed by atoms with Gasteiger partial charge in [-0.3, -0.25) is 9.69 Å². The highest BCUT2D eigenvalue weighted by molar-refractivity contribution is 5.78. The molecule has 0 aliphatic heterocycles. The second-order valence-corrected chi connectivity index (χ2v) is 6.25. The number of nitrogens with one attached hydrogen (secondary N) is 1. The molecule has 1 heterocycles. The van der Waals surface area contributed by atoms with Gasteiger partial charge in [-0.15, -0.1) is 0 Å². The molecule has 23 heavy (non-hydrogen) atoms. The minimum Gasteiger partial charge on any atom is -0.351 e. The van der Waals surface area contributed by atoms with Crippen LogP contribution in [-0.2, 0) is 11.3 Å². The van der Waals surface area contributed by atoms with Gasteiger partial charge in [-0.25, -0.2) is 4.68 Å². The van der Waals surface area contributed by atoms with Crippen LogP contribution in [0.25, 0.3) is 5.69 Å². The van der Waals surface area contributed by atoms with Gasteiger partial charge in [0.1, 0.15) is 0 Å². The van der Waals surface area contributed by atoms with Crippen molar-refractivity contribution in [1.29, 1.82) is 0 Å². The van der Waals surface area contributed by atoms with Crippen LogP contribution in [0.2, 0.25) is 0 Å². The summed E-state index contributed by atoms with van der Waals surface area (Å²) in [6.45, 7) is 9.07. The van der Waals surface area contributed by atoms with Crippen molar-refractivity contribution in [2.45, 2.75) is 40.3 Å². The molecule has 0 fully saturated rings. The summed E-state index contributed by atoms with van der Waals surface area (Å²) in [5.41, 5.74) is 4.13. The van der Waals surface area contributed by atoms with Gasteiger partial charge in [-0.05, 0) is 52.4 Å². The molecular weight excluding hydrogens is 288 g/mol. The number of hydrogen-bond acceptors (Lipinski definition) is 3. The number of carbonyl (C=O) groups excluding carboxylic acids is 1. The Morgan fingerprint density at radius 1 is 1.30 bits per heavy atom. The van der Waals surface area contributed by atoms with E-state index in [4.69, 9.17) is 0 Å². The van der Waals surface area contributed by atoms with E-state index in [2.05, 4.69) is 24.3 Å². The van der Waals surface area contributed by atoms with Crippen molar-refractivity contribution < 1.29 is 4.79 Å². The van der Waals surface area contributed by atoms with E-state index in [1.54, 1.807) is 0 Å². The molecule has 1 aromatic heterocycles. The number of amides is 1. The second kappa shape index (κ2) is 7.42. The number of likely N-dealkylation sites (N-methyl/N-ethyl adjacent to an activating group) is 1. The molecule has 2 rings (SSSR count). The standard InChI is InChI=1S/C18H26N4O/c1-13(2)21(5)12-18(23)19-11-16-8-6-7-9-17(16)22-15(4)10-14(3)20-22/h6-10,13H,11-12H2,1-5H3,(H,19,23). The summed E-state index contributed by atoms with van der Waals surface area (Å²) in [5, 5.41) is 7.53. The number of nitrogens with zero attached hydrogens (tertiary/aromatic N) is 3. The SMILES string of the molecule is Cc1cc(C)n(-c2ccccc2CNC(=O)CN(C)C(C)C)n1. The predicted molar refractivity (Wildman–Crippen MR) is 92.7 cm³/mol. The number of aryl methyl sites for hydroxylation is 2. The van der Waals surface area contributed by atoms with Gasteiger partial charge >= 0.3 is 0 Å². The van der Waals surface area contributed by atoms with Gasteiger partial charge < -0.3 is 5.32 Å². The maximum Gasteiger partial charge on any atom is 0.234 e. The predicted octanol–water partition coefficient (Wildman–Crippen LogP) is 2.45. The molecule has 0 saturated heterocycles. The van der Waals surface area contributed by atoms with E-state index in [1.807, 2.05) is 60.8 Å². The lowest BCUT2D eigenvalue weighted by atomic mass is 10.1. The summed E-state index contributed by atoms with van der Waals surface area (Å²) < 4.78 is 1.93. The number of carbonyl (C=O) groups is 1. The number of para-hydroxylation sites is 1. The van der Waals surface area contributed by atoms with Crippen LogP contribution in [0.3, 0.4) is 0 Å². The van der Waals surface area contributed by atoms with Crippen LogP contribution in [0.15, 0.2) is 30.3 Å². The van der Waals surface area contributed by atoms with E-state index in [1.165, 1.54) is 0 Å². The summed E-state index contributed by atoms with van der Waals surface area (Å²) in [5.74, 6) is 0.0318. The van der Waals surface area contributed by atoms with Crippen molar-refractivity contribution in [3.8, 4) is 5.69 Å². The van der Waals surface area contributed by atoms with E-state index >= 15 is 0 Å². The zero-order valence-corrected chi connectivity index (χ0v) is 14.6. The Hall–Kier alpha value is -2.14. The van der Waals surface area contributed by atoms with Crippen molar-refractivity contribution in [2.24, 2.45) is 0 Å². The highest BCUT2D eigenvalue weighted by atomic mass is 16.2. The molecule has 1 amide bonds. The molecule has 0 bridgehead atoms. The van der Waals surface area contributed by atoms with Gasteiger partial charge in [0.25, 0.3) is 0 Å². The van der Waals surface area contributed by atoms with Crippen LogP contribution < -0.4 is 5.32 Å². The molecule has 0 spiro atoms. The first kappa shape index (κ1) is 17.2. The van der Waals surface area contributed by atoms with E-state index < -0.39 is 0 Å². The van der Waals surface area contributed by atoms with Gasteiger partial charge in [0.05, 0.1) is 17.9 Å². The Morgan fingerprint density at radius 3 is 2.61 bits per heavy atom. The largest absolute Gasteiger partial charge is 0.351 e. The van der Waals surface area contributed by atoms with Crippen LogP contribution >= 0.6 is 0 Å². The number of benzene rings is 1. The van der Waals surface area contributed by atoms with Crippen molar-refractivity contribution >= 4 is 5.91 Å². The Balaban J connectivity index is 2.10. The second-order valence-electron chi connectivity index (χ2n) is 6.25. The third kappa shape index (κ3) is 4.42. The topological polar surface area (TPSA) is 50.2 Å². The first-order valence-electron chi connectivity index (χ1n) is 7.97. The van der Waals surface area contributed by atoms with Crippen LogP contribution in [0.5, 0.6) is 0 Å². The van der Waals surface area contributed by atoms with E-state index in [9.17, 15) is 4.79 Å². The molecule has 0 atom stereocenters. The van der Waals surface area contributed by atoms with E-state index in [0.29, 0.717) is 19.1 Å². The van der Waals surface area contributed by atoms with E-state index in [0.717, 1.165) is 22.6 Å². The summed E-state index contributed by atoms with van der Waals surface area (Å²) >= 11 is 0. The Kier molecular flexibility index (Phi) is 5.55.